The molecule has 2 N–H and O–H groups in total. The second kappa shape index (κ2) is 8.27. The van der Waals surface area contributed by atoms with Gasteiger partial charge in [0.15, 0.2) is 0 Å². The second-order valence-corrected chi connectivity index (χ2v) is 8.42. The highest BCUT2D eigenvalue weighted by atomic mass is 79.9. The Morgan fingerprint density at radius 3 is 2.27 bits per heavy atom. The van der Waals surface area contributed by atoms with E-state index in [2.05, 4.69) is 38.7 Å². The Balaban J connectivity index is 1.51. The standard InChI is InChI=1S/C20H21BrN2O2S/c1-12-10-18(13(2)9-17(12)21)26-11-19(24)22-15-5-7-16(8-6-15)23-20(25)14-3-4-14/h5-10,14H,3-4,11H2,1-2H3,(H,22,24)(H,23,25). The fraction of sp³-hybridized carbons (Fsp3) is 0.300. The monoisotopic (exact) mass is 432 g/mol. The van der Waals surface area contributed by atoms with E-state index in [1.165, 1.54) is 11.8 Å². The number of anilines is 2. The van der Waals surface area contributed by atoms with Crippen molar-refractivity contribution in [3.8, 4) is 0 Å². The first-order chi connectivity index (χ1) is 12.4. The van der Waals surface area contributed by atoms with Crippen LogP contribution in [0.5, 0.6) is 0 Å². The van der Waals surface area contributed by atoms with Gasteiger partial charge in [-0.25, -0.2) is 0 Å². The highest BCUT2D eigenvalue weighted by molar-refractivity contribution is 9.10. The van der Waals surface area contributed by atoms with Crippen LogP contribution >= 0.6 is 27.7 Å². The summed E-state index contributed by atoms with van der Waals surface area (Å²) in [6.07, 6.45) is 1.96. The molecule has 4 nitrogen and oxygen atoms in total. The number of thioether (sulfide) groups is 1. The molecule has 0 heterocycles. The Kier molecular flexibility index (Phi) is 6.04. The zero-order valence-corrected chi connectivity index (χ0v) is 17.2. The highest BCUT2D eigenvalue weighted by Gasteiger charge is 2.29. The van der Waals surface area contributed by atoms with Crippen molar-refractivity contribution in [1.29, 1.82) is 0 Å². The molecule has 0 unspecified atom stereocenters. The molecule has 1 saturated carbocycles. The number of aryl methyl sites for hydroxylation is 2. The Morgan fingerprint density at radius 1 is 1.04 bits per heavy atom. The maximum Gasteiger partial charge on any atom is 0.234 e. The normalized spacial score (nSPS) is 13.3. The summed E-state index contributed by atoms with van der Waals surface area (Å²) in [7, 11) is 0. The number of carbonyl (C=O) groups excluding carboxylic acids is 2. The smallest absolute Gasteiger partial charge is 0.234 e. The molecule has 1 aliphatic rings. The van der Waals surface area contributed by atoms with E-state index in [4.69, 9.17) is 0 Å². The molecule has 0 aromatic heterocycles. The maximum atomic E-state index is 12.2. The predicted molar refractivity (Wildman–Crippen MR) is 111 cm³/mol. The molecule has 136 valence electrons. The summed E-state index contributed by atoms with van der Waals surface area (Å²) in [5.74, 6) is 0.558. The number of nitrogens with one attached hydrogen (secondary N) is 2. The average molecular weight is 433 g/mol. The quantitative estimate of drug-likeness (QED) is 0.620. The van der Waals surface area contributed by atoms with Crippen molar-refractivity contribution >= 4 is 50.9 Å². The van der Waals surface area contributed by atoms with Crippen LogP contribution in [0.15, 0.2) is 45.8 Å². The summed E-state index contributed by atoms with van der Waals surface area (Å²) >= 11 is 5.05. The van der Waals surface area contributed by atoms with Crippen LogP contribution < -0.4 is 10.6 Å². The number of carbonyl (C=O) groups is 2. The molecule has 2 aromatic rings. The van der Waals surface area contributed by atoms with E-state index >= 15 is 0 Å². The lowest BCUT2D eigenvalue weighted by molar-refractivity contribution is -0.117. The van der Waals surface area contributed by atoms with Gasteiger partial charge in [-0.05, 0) is 74.2 Å². The van der Waals surface area contributed by atoms with Crippen molar-refractivity contribution in [2.45, 2.75) is 31.6 Å². The van der Waals surface area contributed by atoms with Gasteiger partial charge in [-0.2, -0.15) is 0 Å². The van der Waals surface area contributed by atoms with Gasteiger partial charge in [0.25, 0.3) is 0 Å². The topological polar surface area (TPSA) is 58.2 Å². The lowest BCUT2D eigenvalue weighted by atomic mass is 10.2. The van der Waals surface area contributed by atoms with Crippen LogP contribution in [-0.2, 0) is 9.59 Å². The van der Waals surface area contributed by atoms with E-state index in [1.54, 1.807) is 12.1 Å². The molecule has 6 heteroatoms. The molecule has 0 aliphatic heterocycles. The molecule has 3 rings (SSSR count). The molecule has 26 heavy (non-hydrogen) atoms. The number of benzene rings is 2. The van der Waals surface area contributed by atoms with Crippen LogP contribution in [0.1, 0.15) is 24.0 Å². The largest absolute Gasteiger partial charge is 0.326 e. The molecule has 0 spiro atoms. The van der Waals surface area contributed by atoms with Crippen LogP contribution in [0.2, 0.25) is 0 Å². The maximum absolute atomic E-state index is 12.2. The van der Waals surface area contributed by atoms with Crippen molar-refractivity contribution in [2.75, 3.05) is 16.4 Å². The van der Waals surface area contributed by atoms with Gasteiger partial charge in [-0.15, -0.1) is 11.8 Å². The van der Waals surface area contributed by atoms with E-state index in [9.17, 15) is 9.59 Å². The van der Waals surface area contributed by atoms with E-state index in [0.717, 1.165) is 44.7 Å². The van der Waals surface area contributed by atoms with Crippen molar-refractivity contribution < 1.29 is 9.59 Å². The zero-order valence-electron chi connectivity index (χ0n) is 14.8. The first-order valence-corrected chi connectivity index (χ1v) is 10.3. The molecule has 0 saturated heterocycles. The van der Waals surface area contributed by atoms with Crippen LogP contribution in [-0.4, -0.2) is 17.6 Å². The van der Waals surface area contributed by atoms with Gasteiger partial charge >= 0.3 is 0 Å². The summed E-state index contributed by atoms with van der Waals surface area (Å²) < 4.78 is 1.08. The molecular weight excluding hydrogens is 412 g/mol. The van der Waals surface area contributed by atoms with Gasteiger partial charge < -0.3 is 10.6 Å². The van der Waals surface area contributed by atoms with Crippen LogP contribution in [0.3, 0.4) is 0 Å². The number of hydrogen-bond acceptors (Lipinski definition) is 3. The Labute approximate surface area is 166 Å². The molecule has 2 aromatic carbocycles. The van der Waals surface area contributed by atoms with E-state index in [-0.39, 0.29) is 17.7 Å². The van der Waals surface area contributed by atoms with E-state index in [1.807, 2.05) is 26.0 Å². The summed E-state index contributed by atoms with van der Waals surface area (Å²) in [4.78, 5) is 25.1. The molecule has 0 radical (unpaired) electrons. The van der Waals surface area contributed by atoms with Crippen molar-refractivity contribution in [1.82, 2.24) is 0 Å². The van der Waals surface area contributed by atoms with Gasteiger partial charge in [-0.1, -0.05) is 15.9 Å². The fourth-order valence-electron chi connectivity index (χ4n) is 2.48. The summed E-state index contributed by atoms with van der Waals surface area (Å²) in [6, 6.07) is 11.4. The molecule has 0 bridgehead atoms. The van der Waals surface area contributed by atoms with Crippen molar-refractivity contribution in [3.63, 3.8) is 0 Å². The first kappa shape index (κ1) is 19.0. The van der Waals surface area contributed by atoms with Gasteiger partial charge in [0, 0.05) is 26.7 Å². The van der Waals surface area contributed by atoms with Crippen LogP contribution in [0, 0.1) is 19.8 Å². The van der Waals surface area contributed by atoms with Gasteiger partial charge in [0.1, 0.15) is 0 Å². The predicted octanol–water partition coefficient (Wildman–Crippen LogP) is 5.15. The molecule has 1 aliphatic carbocycles. The minimum Gasteiger partial charge on any atom is -0.326 e. The Morgan fingerprint density at radius 2 is 1.65 bits per heavy atom. The second-order valence-electron chi connectivity index (χ2n) is 6.54. The minimum absolute atomic E-state index is 0.0512. The zero-order chi connectivity index (χ0) is 18.7. The molecule has 1 fully saturated rings. The van der Waals surface area contributed by atoms with Crippen molar-refractivity contribution in [2.24, 2.45) is 5.92 Å². The van der Waals surface area contributed by atoms with E-state index < -0.39 is 0 Å². The lowest BCUT2D eigenvalue weighted by Crippen LogP contribution is -2.15. The van der Waals surface area contributed by atoms with Crippen LogP contribution in [0.4, 0.5) is 11.4 Å². The molecule has 2 amide bonds. The summed E-state index contributed by atoms with van der Waals surface area (Å²) in [6.45, 7) is 4.08. The third-order valence-electron chi connectivity index (χ3n) is 4.20. The SMILES string of the molecule is Cc1cc(SCC(=O)Nc2ccc(NC(=O)C3CC3)cc2)c(C)cc1Br. The molecular formula is C20H21BrN2O2S. The number of amides is 2. The number of rotatable bonds is 6. The third kappa shape index (κ3) is 5.11. The van der Waals surface area contributed by atoms with Crippen LogP contribution in [0.25, 0.3) is 0 Å². The Hall–Kier alpha value is -1.79. The third-order valence-corrected chi connectivity index (χ3v) is 6.21. The number of hydrogen-bond donors (Lipinski definition) is 2. The first-order valence-electron chi connectivity index (χ1n) is 8.52. The summed E-state index contributed by atoms with van der Waals surface area (Å²) in [5.41, 5.74) is 3.79. The lowest BCUT2D eigenvalue weighted by Gasteiger charge is -2.10. The number of halogens is 1. The Bertz CT molecular complexity index is 832. The fourth-order valence-corrected chi connectivity index (χ4v) is 3.84. The van der Waals surface area contributed by atoms with Crippen molar-refractivity contribution in [3.05, 3.63) is 52.0 Å². The van der Waals surface area contributed by atoms with Gasteiger partial charge in [0.2, 0.25) is 11.8 Å². The van der Waals surface area contributed by atoms with Gasteiger partial charge in [-0.3, -0.25) is 9.59 Å². The average Bonchev–Trinajstić information content (AvgIpc) is 3.44. The highest BCUT2D eigenvalue weighted by Crippen LogP contribution is 2.30. The molecule has 0 atom stereocenters. The van der Waals surface area contributed by atoms with E-state index in [0.29, 0.717) is 5.75 Å². The minimum atomic E-state index is -0.0512. The van der Waals surface area contributed by atoms with Gasteiger partial charge in [0.05, 0.1) is 5.75 Å². The summed E-state index contributed by atoms with van der Waals surface area (Å²) in [5, 5.41) is 5.78.